The molecule has 2 aromatic heterocycles. The molecule has 0 saturated carbocycles. The average molecular weight is 357 g/mol. The van der Waals surface area contributed by atoms with Crippen LogP contribution >= 0.6 is 0 Å². The summed E-state index contributed by atoms with van der Waals surface area (Å²) >= 11 is 0. The summed E-state index contributed by atoms with van der Waals surface area (Å²) in [4.78, 5) is 33.7. The van der Waals surface area contributed by atoms with Crippen LogP contribution in [0.1, 0.15) is 59.9 Å². The van der Waals surface area contributed by atoms with E-state index in [1.165, 1.54) is 0 Å². The van der Waals surface area contributed by atoms with Gasteiger partial charge in [-0.25, -0.2) is 4.98 Å². The molecule has 1 amide bonds. The van der Waals surface area contributed by atoms with E-state index in [0.29, 0.717) is 18.1 Å². The summed E-state index contributed by atoms with van der Waals surface area (Å²) in [5, 5.41) is 2.69. The van der Waals surface area contributed by atoms with Gasteiger partial charge in [0.25, 0.3) is 11.5 Å². The number of hydrogen-bond acceptors (Lipinski definition) is 4. The van der Waals surface area contributed by atoms with Crippen molar-refractivity contribution in [2.75, 3.05) is 13.6 Å². The number of aromatic amines is 1. The fraction of sp³-hybridized carbons (Fsp3) is 0.526. The first-order chi connectivity index (χ1) is 12.5. The van der Waals surface area contributed by atoms with Gasteiger partial charge in [-0.15, -0.1) is 0 Å². The Balaban J connectivity index is 1.87. The summed E-state index contributed by atoms with van der Waals surface area (Å²) in [6.07, 6.45) is 4.05. The van der Waals surface area contributed by atoms with Crippen molar-refractivity contribution in [2.45, 2.75) is 45.2 Å². The summed E-state index contributed by atoms with van der Waals surface area (Å²) in [6, 6.07) is 5.68. The highest BCUT2D eigenvalue weighted by Crippen LogP contribution is 2.32. The molecule has 7 heteroatoms. The Kier molecular flexibility index (Phi) is 5.56. The number of nitrogens with one attached hydrogen (secondary N) is 2. The van der Waals surface area contributed by atoms with E-state index in [0.717, 1.165) is 43.6 Å². The van der Waals surface area contributed by atoms with Crippen molar-refractivity contribution in [1.82, 2.24) is 24.8 Å². The van der Waals surface area contributed by atoms with Gasteiger partial charge in [0.05, 0.1) is 12.6 Å². The van der Waals surface area contributed by atoms with E-state index in [2.05, 4.69) is 20.2 Å². The second-order valence-corrected chi connectivity index (χ2v) is 6.80. The minimum Gasteiger partial charge on any atom is -0.354 e. The van der Waals surface area contributed by atoms with E-state index in [1.807, 2.05) is 30.7 Å². The zero-order chi connectivity index (χ0) is 18.7. The molecule has 1 fully saturated rings. The van der Waals surface area contributed by atoms with Gasteiger partial charge in [-0.3, -0.25) is 14.5 Å². The summed E-state index contributed by atoms with van der Waals surface area (Å²) in [5.41, 5.74) is 2.50. The molecular weight excluding hydrogens is 330 g/mol. The number of piperidine rings is 1. The minimum absolute atomic E-state index is 0.0808. The third-order valence-corrected chi connectivity index (χ3v) is 5.13. The predicted octanol–water partition coefficient (Wildman–Crippen LogP) is 1.76. The van der Waals surface area contributed by atoms with Crippen molar-refractivity contribution in [3.05, 3.63) is 51.5 Å². The number of aryl methyl sites for hydroxylation is 1. The number of H-pyrrole nitrogens is 1. The van der Waals surface area contributed by atoms with E-state index < -0.39 is 0 Å². The van der Waals surface area contributed by atoms with Gasteiger partial charge < -0.3 is 14.9 Å². The maximum Gasteiger partial charge on any atom is 0.267 e. The molecule has 0 aromatic carbocycles. The maximum absolute atomic E-state index is 12.0. The number of likely N-dealkylation sites (tertiary alicyclic amines) is 1. The molecule has 1 aliphatic rings. The summed E-state index contributed by atoms with van der Waals surface area (Å²) in [6.45, 7) is 3.55. The Labute approximate surface area is 153 Å². The number of aromatic nitrogens is 3. The first-order valence-electron chi connectivity index (χ1n) is 9.24. The van der Waals surface area contributed by atoms with Crippen LogP contribution in [0.3, 0.4) is 0 Å². The molecule has 0 spiro atoms. The van der Waals surface area contributed by atoms with Crippen LogP contribution in [-0.4, -0.2) is 38.9 Å². The van der Waals surface area contributed by atoms with Crippen LogP contribution in [0.4, 0.5) is 0 Å². The quantitative estimate of drug-likeness (QED) is 0.854. The number of rotatable bonds is 5. The van der Waals surface area contributed by atoms with E-state index >= 15 is 0 Å². The van der Waals surface area contributed by atoms with Gasteiger partial charge in [0.15, 0.2) is 0 Å². The predicted molar refractivity (Wildman–Crippen MR) is 100 cm³/mol. The maximum atomic E-state index is 12.0. The molecular formula is C19H27N5O2. The van der Waals surface area contributed by atoms with Crippen molar-refractivity contribution >= 4 is 5.91 Å². The third kappa shape index (κ3) is 3.72. The van der Waals surface area contributed by atoms with Gasteiger partial charge in [-0.2, -0.15) is 0 Å². The number of amides is 1. The second kappa shape index (κ2) is 7.86. The first-order valence-corrected chi connectivity index (χ1v) is 9.24. The average Bonchev–Trinajstić information content (AvgIpc) is 3.02. The van der Waals surface area contributed by atoms with Gasteiger partial charge in [0, 0.05) is 31.5 Å². The zero-order valence-electron chi connectivity index (χ0n) is 15.7. The van der Waals surface area contributed by atoms with E-state index in [-0.39, 0.29) is 17.5 Å². The largest absolute Gasteiger partial charge is 0.354 e. The SMILES string of the molecule is CCc1cc(=O)[nH]c(CN2CCCC[C@H]2c2ccc(C(=O)NC)n2C)n1. The van der Waals surface area contributed by atoms with Crippen LogP contribution in [0.25, 0.3) is 0 Å². The highest BCUT2D eigenvalue weighted by Gasteiger charge is 2.27. The Morgan fingerprint density at radius 1 is 1.38 bits per heavy atom. The summed E-state index contributed by atoms with van der Waals surface area (Å²) < 4.78 is 1.97. The fourth-order valence-corrected chi connectivity index (χ4v) is 3.74. The zero-order valence-corrected chi connectivity index (χ0v) is 15.7. The molecule has 140 valence electrons. The lowest BCUT2D eigenvalue weighted by Gasteiger charge is -2.35. The van der Waals surface area contributed by atoms with Crippen LogP contribution in [0.5, 0.6) is 0 Å². The summed E-state index contributed by atoms with van der Waals surface area (Å²) in [7, 11) is 3.58. The van der Waals surface area contributed by atoms with Crippen molar-refractivity contribution in [2.24, 2.45) is 7.05 Å². The van der Waals surface area contributed by atoms with Crippen LogP contribution in [-0.2, 0) is 20.0 Å². The van der Waals surface area contributed by atoms with E-state index in [9.17, 15) is 9.59 Å². The highest BCUT2D eigenvalue weighted by atomic mass is 16.1. The minimum atomic E-state index is -0.0961. The van der Waals surface area contributed by atoms with Crippen LogP contribution < -0.4 is 10.9 Å². The Morgan fingerprint density at radius 3 is 2.92 bits per heavy atom. The molecule has 1 saturated heterocycles. The van der Waals surface area contributed by atoms with Crippen molar-refractivity contribution in [3.8, 4) is 0 Å². The molecule has 7 nitrogen and oxygen atoms in total. The van der Waals surface area contributed by atoms with E-state index in [4.69, 9.17) is 0 Å². The molecule has 1 atom stereocenters. The molecule has 3 heterocycles. The Morgan fingerprint density at radius 2 is 2.19 bits per heavy atom. The lowest BCUT2D eigenvalue weighted by Crippen LogP contribution is -2.35. The van der Waals surface area contributed by atoms with Gasteiger partial charge in [0.1, 0.15) is 11.5 Å². The standard InChI is InChI=1S/C19H27N5O2/c1-4-13-11-18(25)22-17(21-13)12-24-10-6-5-7-15(24)14-8-9-16(23(14)3)19(26)20-2/h8-9,11,15H,4-7,10,12H2,1-3H3,(H,20,26)(H,21,22,25)/t15-/m0/s1. The number of nitrogens with zero attached hydrogens (tertiary/aromatic N) is 3. The number of carbonyl (C=O) groups excluding carboxylic acids is 1. The molecule has 2 aromatic rings. The molecule has 3 rings (SSSR count). The van der Waals surface area contributed by atoms with Crippen molar-refractivity contribution in [3.63, 3.8) is 0 Å². The van der Waals surface area contributed by atoms with Crippen molar-refractivity contribution in [1.29, 1.82) is 0 Å². The molecule has 2 N–H and O–H groups in total. The first kappa shape index (κ1) is 18.4. The van der Waals surface area contributed by atoms with Crippen LogP contribution in [0.15, 0.2) is 23.0 Å². The number of hydrogen-bond donors (Lipinski definition) is 2. The lowest BCUT2D eigenvalue weighted by atomic mass is 9.99. The third-order valence-electron chi connectivity index (χ3n) is 5.13. The summed E-state index contributed by atoms with van der Waals surface area (Å²) in [5.74, 6) is 0.629. The van der Waals surface area contributed by atoms with Gasteiger partial charge in [-0.05, 0) is 37.9 Å². The Hall–Kier alpha value is -2.41. The van der Waals surface area contributed by atoms with Crippen molar-refractivity contribution < 1.29 is 4.79 Å². The van der Waals surface area contributed by atoms with Crippen LogP contribution in [0, 0.1) is 0 Å². The lowest BCUT2D eigenvalue weighted by molar-refractivity contribution is 0.0952. The van der Waals surface area contributed by atoms with Gasteiger partial charge >= 0.3 is 0 Å². The molecule has 0 aliphatic carbocycles. The molecule has 0 radical (unpaired) electrons. The highest BCUT2D eigenvalue weighted by molar-refractivity contribution is 5.92. The molecule has 0 unspecified atom stereocenters. The molecule has 1 aliphatic heterocycles. The topological polar surface area (TPSA) is 83.0 Å². The smallest absolute Gasteiger partial charge is 0.267 e. The monoisotopic (exact) mass is 357 g/mol. The molecule has 0 bridgehead atoms. The number of carbonyl (C=O) groups is 1. The van der Waals surface area contributed by atoms with E-state index in [1.54, 1.807) is 13.1 Å². The van der Waals surface area contributed by atoms with Gasteiger partial charge in [0.2, 0.25) is 0 Å². The van der Waals surface area contributed by atoms with Crippen LogP contribution in [0.2, 0.25) is 0 Å². The Bertz CT molecular complexity index is 839. The normalized spacial score (nSPS) is 18.0. The fourth-order valence-electron chi connectivity index (χ4n) is 3.74. The van der Waals surface area contributed by atoms with Gasteiger partial charge in [-0.1, -0.05) is 13.3 Å². The molecule has 26 heavy (non-hydrogen) atoms. The second-order valence-electron chi connectivity index (χ2n) is 6.80.